The summed E-state index contributed by atoms with van der Waals surface area (Å²) < 4.78 is 12.8. The Balaban J connectivity index is 1.59. The van der Waals surface area contributed by atoms with Crippen LogP contribution in [0.4, 0.5) is 10.5 Å². The number of nitrogen functional groups attached to an aromatic ring is 1. The zero-order chi connectivity index (χ0) is 22.5. The van der Waals surface area contributed by atoms with Crippen molar-refractivity contribution < 1.29 is 14.3 Å². The second-order valence-electron chi connectivity index (χ2n) is 7.41. The van der Waals surface area contributed by atoms with E-state index in [0.29, 0.717) is 29.3 Å². The van der Waals surface area contributed by atoms with Crippen LogP contribution in [-0.2, 0) is 16.1 Å². The summed E-state index contributed by atoms with van der Waals surface area (Å²) >= 11 is 0. The molecule has 3 heterocycles. The molecule has 1 atom stereocenters. The number of rotatable bonds is 6. The summed E-state index contributed by atoms with van der Waals surface area (Å²) in [5.41, 5.74) is 9.97. The van der Waals surface area contributed by atoms with Gasteiger partial charge in [0.15, 0.2) is 18.5 Å². The average molecular weight is 435 g/mol. The highest BCUT2D eigenvalue weighted by Gasteiger charge is 2.21. The van der Waals surface area contributed by atoms with Crippen LogP contribution in [0.1, 0.15) is 43.9 Å². The van der Waals surface area contributed by atoms with Gasteiger partial charge in [0.1, 0.15) is 11.9 Å². The highest BCUT2D eigenvalue weighted by atomic mass is 16.5. The summed E-state index contributed by atoms with van der Waals surface area (Å²) in [7, 11) is 0. The molecule has 1 aliphatic rings. The van der Waals surface area contributed by atoms with E-state index in [-0.39, 0.29) is 18.5 Å². The van der Waals surface area contributed by atoms with Gasteiger partial charge in [0.05, 0.1) is 11.4 Å². The highest BCUT2D eigenvalue weighted by Crippen LogP contribution is 2.33. The topological polar surface area (TPSA) is 144 Å². The number of hydrogen-bond acceptors (Lipinski definition) is 7. The van der Waals surface area contributed by atoms with Crippen LogP contribution in [0.2, 0.25) is 0 Å². The van der Waals surface area contributed by atoms with Crippen molar-refractivity contribution in [3.8, 4) is 28.6 Å². The van der Waals surface area contributed by atoms with Gasteiger partial charge in [-0.25, -0.2) is 14.5 Å². The maximum absolute atomic E-state index is 11.5. The van der Waals surface area contributed by atoms with Crippen molar-refractivity contribution in [3.63, 3.8) is 0 Å². The largest absolute Gasteiger partial charge is 0.441 e. The van der Waals surface area contributed by atoms with E-state index in [9.17, 15) is 10.1 Å². The van der Waals surface area contributed by atoms with Crippen molar-refractivity contribution in [2.24, 2.45) is 0 Å². The number of aromatic amines is 1. The lowest BCUT2D eigenvalue weighted by atomic mass is 10.0. The van der Waals surface area contributed by atoms with Crippen molar-refractivity contribution in [3.05, 3.63) is 42.0 Å². The SMILES string of the molecule is CCNC(=O)OCc1nc(C#N)c(-c2ccc(-c3ccnn3C3CCCCO3)cc2N)[nH]1. The molecule has 1 unspecified atom stereocenters. The molecular formula is C22H25N7O3. The molecule has 0 bridgehead atoms. The standard InChI is InChI=1S/C22H25N7O3/c1-2-25-22(30)32-13-19-27-17(12-23)21(28-19)15-7-6-14(11-16(15)24)18-8-9-26-29(18)20-5-3-4-10-31-20/h6-9,11,20H,2-5,10,13,24H2,1H3,(H,25,30)(H,27,28). The van der Waals surface area contributed by atoms with Crippen LogP contribution in [0.5, 0.6) is 0 Å². The first-order valence-corrected chi connectivity index (χ1v) is 10.6. The molecule has 1 aromatic carbocycles. The number of ether oxygens (including phenoxy) is 2. The molecule has 1 amide bonds. The summed E-state index contributed by atoms with van der Waals surface area (Å²) in [4.78, 5) is 18.8. The van der Waals surface area contributed by atoms with Gasteiger partial charge in [-0.15, -0.1) is 0 Å². The van der Waals surface area contributed by atoms with Crippen molar-refractivity contribution in [2.45, 2.75) is 39.0 Å². The Morgan fingerprint density at radius 2 is 2.31 bits per heavy atom. The highest BCUT2D eigenvalue weighted by molar-refractivity contribution is 5.81. The number of H-pyrrole nitrogens is 1. The van der Waals surface area contributed by atoms with E-state index < -0.39 is 6.09 Å². The summed E-state index contributed by atoms with van der Waals surface area (Å²) in [6, 6.07) is 9.61. The van der Waals surface area contributed by atoms with E-state index in [1.165, 1.54) is 0 Å². The quantitative estimate of drug-likeness (QED) is 0.504. The van der Waals surface area contributed by atoms with Gasteiger partial charge in [-0.05, 0) is 38.3 Å². The average Bonchev–Trinajstić information content (AvgIpc) is 3.46. The van der Waals surface area contributed by atoms with Gasteiger partial charge >= 0.3 is 6.09 Å². The van der Waals surface area contributed by atoms with E-state index in [4.69, 9.17) is 15.2 Å². The first kappa shape index (κ1) is 21.4. The molecule has 10 heteroatoms. The maximum atomic E-state index is 11.5. The number of aromatic nitrogens is 4. The van der Waals surface area contributed by atoms with Crippen LogP contribution >= 0.6 is 0 Å². The fourth-order valence-corrected chi connectivity index (χ4v) is 3.73. The molecule has 0 spiro atoms. The minimum atomic E-state index is -0.550. The first-order valence-electron chi connectivity index (χ1n) is 10.6. The third-order valence-corrected chi connectivity index (χ3v) is 5.24. The fraction of sp³-hybridized carbons (Fsp3) is 0.364. The van der Waals surface area contributed by atoms with Gasteiger partial charge in [-0.2, -0.15) is 10.4 Å². The van der Waals surface area contributed by atoms with Gasteiger partial charge in [0, 0.05) is 36.2 Å². The second-order valence-corrected chi connectivity index (χ2v) is 7.41. The number of carbonyl (C=O) groups is 1. The Hall–Kier alpha value is -3.84. The molecule has 10 nitrogen and oxygen atoms in total. The van der Waals surface area contributed by atoms with Gasteiger partial charge in [-0.1, -0.05) is 12.1 Å². The minimum absolute atomic E-state index is 0.0834. The Kier molecular flexibility index (Phi) is 6.37. The van der Waals surface area contributed by atoms with E-state index in [1.807, 2.05) is 28.9 Å². The molecular weight excluding hydrogens is 410 g/mol. The van der Waals surface area contributed by atoms with Gasteiger partial charge in [0.25, 0.3) is 0 Å². The fourth-order valence-electron chi connectivity index (χ4n) is 3.73. The number of carbonyl (C=O) groups excluding carboxylic acids is 1. The minimum Gasteiger partial charge on any atom is -0.441 e. The summed E-state index contributed by atoms with van der Waals surface area (Å²) in [6.07, 6.45) is 4.21. The molecule has 1 fully saturated rings. The van der Waals surface area contributed by atoms with Gasteiger partial charge in [-0.3, -0.25) is 0 Å². The first-order chi connectivity index (χ1) is 15.6. The number of amides is 1. The van der Waals surface area contributed by atoms with Crippen LogP contribution in [0.25, 0.3) is 22.5 Å². The van der Waals surface area contributed by atoms with Gasteiger partial charge in [0.2, 0.25) is 0 Å². The normalized spacial score (nSPS) is 15.8. The lowest BCUT2D eigenvalue weighted by Gasteiger charge is -2.24. The Morgan fingerprint density at radius 1 is 1.44 bits per heavy atom. The molecule has 0 saturated carbocycles. The van der Waals surface area contributed by atoms with Crippen LogP contribution < -0.4 is 11.1 Å². The third kappa shape index (κ3) is 4.43. The zero-order valence-corrected chi connectivity index (χ0v) is 17.8. The van der Waals surface area contributed by atoms with Crippen molar-refractivity contribution >= 4 is 11.8 Å². The monoisotopic (exact) mass is 435 g/mol. The van der Waals surface area contributed by atoms with E-state index in [1.54, 1.807) is 13.1 Å². The molecule has 32 heavy (non-hydrogen) atoms. The summed E-state index contributed by atoms with van der Waals surface area (Å²) in [6.45, 7) is 2.90. The molecule has 0 aliphatic carbocycles. The van der Waals surface area contributed by atoms with Crippen molar-refractivity contribution in [1.82, 2.24) is 25.1 Å². The predicted molar refractivity (Wildman–Crippen MR) is 117 cm³/mol. The van der Waals surface area contributed by atoms with Crippen LogP contribution in [-0.4, -0.2) is 39.0 Å². The smallest absolute Gasteiger partial charge is 0.407 e. The molecule has 0 radical (unpaired) electrons. The number of nitriles is 1. The number of alkyl carbamates (subject to hydrolysis) is 1. The number of nitrogens with one attached hydrogen (secondary N) is 2. The van der Waals surface area contributed by atoms with Crippen molar-refractivity contribution in [1.29, 1.82) is 5.26 Å². The number of hydrogen-bond donors (Lipinski definition) is 3. The predicted octanol–water partition coefficient (Wildman–Crippen LogP) is 3.34. The van der Waals surface area contributed by atoms with Crippen LogP contribution in [0, 0.1) is 11.3 Å². The summed E-state index contributed by atoms with van der Waals surface area (Å²) in [5.74, 6) is 0.360. The summed E-state index contributed by atoms with van der Waals surface area (Å²) in [5, 5.41) is 16.5. The molecule has 166 valence electrons. The van der Waals surface area contributed by atoms with E-state index in [2.05, 4.69) is 26.5 Å². The molecule has 4 N–H and O–H groups in total. The van der Waals surface area contributed by atoms with Crippen LogP contribution in [0.3, 0.4) is 0 Å². The van der Waals surface area contributed by atoms with Crippen LogP contribution in [0.15, 0.2) is 30.5 Å². The Morgan fingerprint density at radius 3 is 3.03 bits per heavy atom. The lowest BCUT2D eigenvalue weighted by molar-refractivity contribution is -0.0383. The lowest BCUT2D eigenvalue weighted by Crippen LogP contribution is -2.23. The second kappa shape index (κ2) is 9.53. The molecule has 3 aromatic rings. The molecule has 1 saturated heterocycles. The number of nitrogens with two attached hydrogens (primary N) is 1. The third-order valence-electron chi connectivity index (χ3n) is 5.24. The number of nitrogens with zero attached hydrogens (tertiary/aromatic N) is 4. The Bertz CT molecular complexity index is 1140. The van der Waals surface area contributed by atoms with E-state index >= 15 is 0 Å². The number of imidazole rings is 1. The number of benzene rings is 1. The molecule has 1 aliphatic heterocycles. The zero-order valence-electron chi connectivity index (χ0n) is 17.8. The molecule has 2 aromatic heterocycles. The Labute approximate surface area is 185 Å². The molecule has 4 rings (SSSR count). The maximum Gasteiger partial charge on any atom is 0.407 e. The number of anilines is 1. The van der Waals surface area contributed by atoms with Crippen molar-refractivity contribution in [2.75, 3.05) is 18.9 Å². The van der Waals surface area contributed by atoms with E-state index in [0.717, 1.165) is 37.1 Å². The van der Waals surface area contributed by atoms with Gasteiger partial charge < -0.3 is 25.5 Å².